The van der Waals surface area contributed by atoms with Gasteiger partial charge in [0.1, 0.15) is 5.75 Å². The molecule has 1 aromatic carbocycles. The van der Waals surface area contributed by atoms with Crippen LogP contribution in [0.15, 0.2) is 29.2 Å². The lowest BCUT2D eigenvalue weighted by atomic mass is 10.00. The van der Waals surface area contributed by atoms with Gasteiger partial charge in [0.15, 0.2) is 9.84 Å². The monoisotopic (exact) mass is 342 g/mol. The first-order chi connectivity index (χ1) is 10.4. The van der Waals surface area contributed by atoms with Gasteiger partial charge in [0, 0.05) is 23.1 Å². The number of piperidine rings is 1. The normalized spacial score (nSPS) is 27.6. The maximum absolute atomic E-state index is 12.2. The smallest absolute Gasteiger partial charge is 0.235 e. The summed E-state index contributed by atoms with van der Waals surface area (Å²) in [4.78, 5) is 12.2. The third kappa shape index (κ3) is 3.62. The molecule has 2 saturated heterocycles. The number of hydrogen-bond acceptors (Lipinski definition) is 4. The van der Waals surface area contributed by atoms with Gasteiger partial charge in [-0.2, -0.15) is 0 Å². The van der Waals surface area contributed by atoms with Crippen molar-refractivity contribution in [3.8, 4) is 0 Å². The fraction of sp³-hybridized carbons (Fsp3) is 0.533. The Balaban J connectivity index is 1.60. The molecule has 1 amide bonds. The highest BCUT2D eigenvalue weighted by atomic mass is 35.5. The summed E-state index contributed by atoms with van der Waals surface area (Å²) in [5.41, 5.74) is 0. The number of carbonyl (C=O) groups is 1. The quantitative estimate of drug-likeness (QED) is 0.869. The van der Waals surface area contributed by atoms with Crippen molar-refractivity contribution in [2.45, 2.75) is 48.7 Å². The molecule has 2 N–H and O–H groups in total. The molecule has 22 heavy (non-hydrogen) atoms. The van der Waals surface area contributed by atoms with Crippen LogP contribution in [0, 0.1) is 0 Å². The van der Waals surface area contributed by atoms with E-state index in [1.54, 1.807) is 0 Å². The summed E-state index contributed by atoms with van der Waals surface area (Å²) in [6.07, 6.45) is 4.03. The number of fused-ring (bicyclic) bond motifs is 2. The Bertz CT molecular complexity index is 648. The second kappa shape index (κ2) is 6.18. The van der Waals surface area contributed by atoms with Gasteiger partial charge in [0.2, 0.25) is 5.91 Å². The Morgan fingerprint density at radius 3 is 2.36 bits per heavy atom. The van der Waals surface area contributed by atoms with Crippen LogP contribution in [0.25, 0.3) is 0 Å². The van der Waals surface area contributed by atoms with E-state index in [0.717, 1.165) is 25.7 Å². The van der Waals surface area contributed by atoms with Crippen LogP contribution < -0.4 is 10.6 Å². The Labute approximate surface area is 135 Å². The second-order valence-electron chi connectivity index (χ2n) is 6.09. The van der Waals surface area contributed by atoms with E-state index < -0.39 is 21.5 Å². The lowest BCUT2D eigenvalue weighted by Gasteiger charge is -2.29. The van der Waals surface area contributed by atoms with Crippen molar-refractivity contribution in [3.63, 3.8) is 0 Å². The molecule has 2 aliphatic rings. The van der Waals surface area contributed by atoms with Gasteiger partial charge >= 0.3 is 0 Å². The van der Waals surface area contributed by atoms with E-state index in [2.05, 4.69) is 10.6 Å². The van der Waals surface area contributed by atoms with Crippen LogP contribution in [-0.4, -0.2) is 38.2 Å². The van der Waals surface area contributed by atoms with Crippen molar-refractivity contribution in [1.29, 1.82) is 0 Å². The first-order valence-corrected chi connectivity index (χ1v) is 9.49. The first-order valence-electron chi connectivity index (χ1n) is 7.46. The molecule has 120 valence electrons. The standard InChI is InChI=1S/C15H19ClN2O3S/c16-10-1-5-14(6-2-10)22(20,21)9-15(19)18-13-7-11-3-4-12(8-13)17-11/h1-2,5-6,11-13,17H,3-4,7-9H2,(H,18,19). The van der Waals surface area contributed by atoms with Crippen LogP contribution >= 0.6 is 11.6 Å². The summed E-state index contributed by atoms with van der Waals surface area (Å²) >= 11 is 5.75. The number of benzene rings is 1. The molecular formula is C15H19ClN2O3S. The Hall–Kier alpha value is -1.11. The molecule has 2 unspecified atom stereocenters. The predicted octanol–water partition coefficient (Wildman–Crippen LogP) is 1.51. The molecule has 2 atom stereocenters. The van der Waals surface area contributed by atoms with Gasteiger partial charge in [-0.3, -0.25) is 4.79 Å². The minimum atomic E-state index is -3.62. The maximum Gasteiger partial charge on any atom is 0.235 e. The molecule has 2 fully saturated rings. The van der Waals surface area contributed by atoms with Crippen LogP contribution in [0.3, 0.4) is 0 Å². The van der Waals surface area contributed by atoms with Crippen molar-refractivity contribution in [3.05, 3.63) is 29.3 Å². The number of sulfone groups is 1. The highest BCUT2D eigenvalue weighted by Gasteiger charge is 2.34. The Morgan fingerprint density at radius 2 is 1.77 bits per heavy atom. The summed E-state index contributed by atoms with van der Waals surface area (Å²) in [6, 6.07) is 6.86. The number of rotatable bonds is 4. The van der Waals surface area contributed by atoms with Crippen LogP contribution in [0.2, 0.25) is 5.02 Å². The van der Waals surface area contributed by atoms with E-state index in [1.807, 2.05) is 0 Å². The summed E-state index contributed by atoms with van der Waals surface area (Å²) < 4.78 is 24.4. The minimum absolute atomic E-state index is 0.0756. The van der Waals surface area contributed by atoms with E-state index in [1.165, 1.54) is 24.3 Å². The predicted molar refractivity (Wildman–Crippen MR) is 84.6 cm³/mol. The lowest BCUT2D eigenvalue weighted by molar-refractivity contribution is -0.119. The summed E-state index contributed by atoms with van der Waals surface area (Å²) in [7, 11) is -3.62. The van der Waals surface area contributed by atoms with Crippen molar-refractivity contribution >= 4 is 27.3 Å². The van der Waals surface area contributed by atoms with Gasteiger partial charge in [-0.15, -0.1) is 0 Å². The van der Waals surface area contributed by atoms with Gasteiger partial charge in [-0.1, -0.05) is 11.6 Å². The third-order valence-corrected chi connectivity index (χ3v) is 6.22. The first kappa shape index (κ1) is 15.8. The Morgan fingerprint density at radius 1 is 1.18 bits per heavy atom. The zero-order valence-corrected chi connectivity index (χ0v) is 13.7. The largest absolute Gasteiger partial charge is 0.352 e. The Kier molecular flexibility index (Phi) is 4.43. The van der Waals surface area contributed by atoms with Gasteiger partial charge in [-0.25, -0.2) is 8.42 Å². The zero-order valence-electron chi connectivity index (χ0n) is 12.1. The fourth-order valence-electron chi connectivity index (χ4n) is 3.34. The highest BCUT2D eigenvalue weighted by Crippen LogP contribution is 2.26. The second-order valence-corrected chi connectivity index (χ2v) is 8.51. The topological polar surface area (TPSA) is 75.3 Å². The number of amides is 1. The SMILES string of the molecule is O=C(CS(=O)(=O)c1ccc(Cl)cc1)NC1CC2CCC(C1)N2. The van der Waals surface area contributed by atoms with Crippen molar-refractivity contribution in [2.75, 3.05) is 5.75 Å². The van der Waals surface area contributed by atoms with E-state index in [-0.39, 0.29) is 10.9 Å². The van der Waals surface area contributed by atoms with E-state index in [9.17, 15) is 13.2 Å². The molecule has 2 heterocycles. The average molecular weight is 343 g/mol. The average Bonchev–Trinajstić information content (AvgIpc) is 2.77. The number of halogens is 1. The van der Waals surface area contributed by atoms with E-state index >= 15 is 0 Å². The zero-order chi connectivity index (χ0) is 15.7. The van der Waals surface area contributed by atoms with E-state index in [4.69, 9.17) is 11.6 Å². The maximum atomic E-state index is 12.2. The van der Waals surface area contributed by atoms with Crippen molar-refractivity contribution < 1.29 is 13.2 Å². The van der Waals surface area contributed by atoms with E-state index in [0.29, 0.717) is 17.1 Å². The van der Waals surface area contributed by atoms with Crippen molar-refractivity contribution in [2.24, 2.45) is 0 Å². The molecular weight excluding hydrogens is 324 g/mol. The highest BCUT2D eigenvalue weighted by molar-refractivity contribution is 7.92. The number of nitrogens with one attached hydrogen (secondary N) is 2. The van der Waals surface area contributed by atoms with Crippen molar-refractivity contribution in [1.82, 2.24) is 10.6 Å². The van der Waals surface area contributed by atoms with Gasteiger partial charge in [0.25, 0.3) is 0 Å². The molecule has 0 aromatic heterocycles. The molecule has 2 bridgehead atoms. The van der Waals surface area contributed by atoms with Gasteiger partial charge in [-0.05, 0) is 49.9 Å². The molecule has 5 nitrogen and oxygen atoms in total. The van der Waals surface area contributed by atoms with Crippen LogP contribution in [0.5, 0.6) is 0 Å². The lowest BCUT2D eigenvalue weighted by Crippen LogP contribution is -2.49. The number of hydrogen-bond donors (Lipinski definition) is 2. The molecule has 0 radical (unpaired) electrons. The van der Waals surface area contributed by atoms with Gasteiger partial charge < -0.3 is 10.6 Å². The summed E-state index contributed by atoms with van der Waals surface area (Å²) in [6.45, 7) is 0. The van der Waals surface area contributed by atoms with Gasteiger partial charge in [0.05, 0.1) is 4.90 Å². The summed E-state index contributed by atoms with van der Waals surface area (Å²) in [5, 5.41) is 6.83. The molecule has 0 saturated carbocycles. The fourth-order valence-corrected chi connectivity index (χ4v) is 4.61. The minimum Gasteiger partial charge on any atom is -0.352 e. The molecule has 0 aliphatic carbocycles. The summed E-state index contributed by atoms with van der Waals surface area (Å²) in [5.74, 6) is -0.949. The molecule has 1 aromatic rings. The number of carbonyl (C=O) groups excluding carboxylic acids is 1. The molecule has 3 rings (SSSR count). The van der Waals surface area contributed by atoms with Crippen LogP contribution in [0.1, 0.15) is 25.7 Å². The van der Waals surface area contributed by atoms with Crippen LogP contribution in [0.4, 0.5) is 0 Å². The third-order valence-electron chi connectivity index (χ3n) is 4.33. The van der Waals surface area contributed by atoms with Crippen LogP contribution in [-0.2, 0) is 14.6 Å². The molecule has 0 spiro atoms. The molecule has 2 aliphatic heterocycles. The molecule has 7 heteroatoms.